The smallest absolute Gasteiger partial charge is 0.150 e. The van der Waals surface area contributed by atoms with Gasteiger partial charge in [-0.15, -0.1) is 0 Å². The first-order valence-corrected chi connectivity index (χ1v) is 6.42. The minimum atomic E-state index is -0.752. The number of rotatable bonds is 3. The van der Waals surface area contributed by atoms with E-state index in [0.717, 1.165) is 17.7 Å². The predicted octanol–water partition coefficient (Wildman–Crippen LogP) is 5.54. The normalized spacial score (nSPS) is 10.6. The zero-order chi connectivity index (χ0) is 14.0. The molecule has 0 amide bonds. The first kappa shape index (κ1) is 14.4. The second-order valence-electron chi connectivity index (χ2n) is 3.88. The van der Waals surface area contributed by atoms with Crippen LogP contribution in [0.2, 0.25) is 15.1 Å². The first-order valence-electron chi connectivity index (χ1n) is 5.29. The topological polar surface area (TPSA) is 12.0 Å². The van der Waals surface area contributed by atoms with Crippen molar-refractivity contribution >= 4 is 40.5 Å². The van der Waals surface area contributed by atoms with E-state index in [1.54, 1.807) is 18.2 Å². The summed E-state index contributed by atoms with van der Waals surface area (Å²) in [5.41, 5.74) is 0.802. The van der Waals surface area contributed by atoms with Gasteiger partial charge in [0.1, 0.15) is 5.82 Å². The molecule has 1 N–H and O–H groups in total. The van der Waals surface area contributed by atoms with Crippen molar-refractivity contribution in [1.82, 2.24) is 0 Å². The molecule has 0 atom stereocenters. The van der Waals surface area contributed by atoms with E-state index in [-0.39, 0.29) is 17.3 Å². The van der Waals surface area contributed by atoms with Crippen molar-refractivity contribution in [2.45, 2.75) is 6.54 Å². The van der Waals surface area contributed by atoms with Gasteiger partial charge in [-0.25, -0.2) is 8.78 Å². The van der Waals surface area contributed by atoms with Crippen LogP contribution in [0.3, 0.4) is 0 Å². The summed E-state index contributed by atoms with van der Waals surface area (Å²) in [6.45, 7) is 0.266. The highest BCUT2D eigenvalue weighted by atomic mass is 35.5. The van der Waals surface area contributed by atoms with Crippen LogP contribution in [0.4, 0.5) is 14.5 Å². The van der Waals surface area contributed by atoms with Gasteiger partial charge in [0.15, 0.2) is 5.82 Å². The molecule has 0 aliphatic heterocycles. The lowest BCUT2D eigenvalue weighted by atomic mass is 10.2. The van der Waals surface area contributed by atoms with Crippen molar-refractivity contribution < 1.29 is 8.78 Å². The summed E-state index contributed by atoms with van der Waals surface area (Å²) in [6, 6.07) is 6.78. The van der Waals surface area contributed by atoms with Gasteiger partial charge in [-0.1, -0.05) is 34.8 Å². The van der Waals surface area contributed by atoms with Crippen molar-refractivity contribution in [3.8, 4) is 0 Å². The molecule has 0 spiro atoms. The molecule has 2 aromatic carbocycles. The quantitative estimate of drug-likeness (QED) is 0.782. The highest BCUT2D eigenvalue weighted by molar-refractivity contribution is 6.34. The third kappa shape index (κ3) is 3.72. The van der Waals surface area contributed by atoms with Crippen LogP contribution >= 0.6 is 34.8 Å². The minimum absolute atomic E-state index is 0.0226. The second-order valence-corrected chi connectivity index (χ2v) is 5.16. The molecular weight excluding hydrogens is 315 g/mol. The summed E-state index contributed by atoms with van der Waals surface area (Å²) < 4.78 is 26.4. The lowest BCUT2D eigenvalue weighted by Crippen LogP contribution is -2.02. The first-order chi connectivity index (χ1) is 8.95. The van der Waals surface area contributed by atoms with E-state index in [1.807, 2.05) is 0 Å². The van der Waals surface area contributed by atoms with E-state index < -0.39 is 11.6 Å². The third-order valence-electron chi connectivity index (χ3n) is 2.40. The SMILES string of the molecule is Fc1cc(F)c(NCc2cc(Cl)cc(Cl)c2)c(Cl)c1. The summed E-state index contributed by atoms with van der Waals surface area (Å²) in [4.78, 5) is 0. The fourth-order valence-corrected chi connectivity index (χ4v) is 2.45. The molecule has 0 saturated heterocycles. The lowest BCUT2D eigenvalue weighted by Gasteiger charge is -2.10. The number of hydrogen-bond acceptors (Lipinski definition) is 1. The fourth-order valence-electron chi connectivity index (χ4n) is 1.61. The van der Waals surface area contributed by atoms with Crippen LogP contribution in [-0.4, -0.2) is 0 Å². The molecule has 0 aromatic heterocycles. The summed E-state index contributed by atoms with van der Waals surface area (Å²) in [7, 11) is 0. The highest BCUT2D eigenvalue weighted by Crippen LogP contribution is 2.27. The van der Waals surface area contributed by atoms with Gasteiger partial charge in [-0.2, -0.15) is 0 Å². The average molecular weight is 323 g/mol. The van der Waals surface area contributed by atoms with Gasteiger partial charge in [-0.3, -0.25) is 0 Å². The molecule has 0 heterocycles. The number of halogens is 5. The van der Waals surface area contributed by atoms with Crippen molar-refractivity contribution in [2.75, 3.05) is 5.32 Å². The molecule has 0 bridgehead atoms. The monoisotopic (exact) mass is 321 g/mol. The predicted molar refractivity (Wildman–Crippen MR) is 75.2 cm³/mol. The van der Waals surface area contributed by atoms with E-state index in [4.69, 9.17) is 34.8 Å². The Morgan fingerprint density at radius 3 is 2.11 bits per heavy atom. The molecule has 1 nitrogen and oxygen atoms in total. The average Bonchev–Trinajstić information content (AvgIpc) is 2.25. The van der Waals surface area contributed by atoms with Gasteiger partial charge in [0.05, 0.1) is 10.7 Å². The minimum Gasteiger partial charge on any atom is -0.377 e. The van der Waals surface area contributed by atoms with Crippen molar-refractivity contribution in [3.05, 3.63) is 62.6 Å². The van der Waals surface area contributed by atoms with E-state index in [0.29, 0.717) is 10.0 Å². The van der Waals surface area contributed by atoms with E-state index in [1.165, 1.54) is 0 Å². The Morgan fingerprint density at radius 1 is 0.895 bits per heavy atom. The molecule has 6 heteroatoms. The van der Waals surface area contributed by atoms with Crippen LogP contribution < -0.4 is 5.32 Å². The van der Waals surface area contributed by atoms with Crippen LogP contribution in [0.5, 0.6) is 0 Å². The van der Waals surface area contributed by atoms with Crippen LogP contribution in [0.15, 0.2) is 30.3 Å². The lowest BCUT2D eigenvalue weighted by molar-refractivity contribution is 0.585. The molecule has 0 radical (unpaired) electrons. The van der Waals surface area contributed by atoms with Gasteiger partial charge in [-0.05, 0) is 29.8 Å². The number of benzene rings is 2. The largest absolute Gasteiger partial charge is 0.377 e. The van der Waals surface area contributed by atoms with E-state index in [2.05, 4.69) is 5.32 Å². The number of nitrogens with one attached hydrogen (secondary N) is 1. The summed E-state index contributed by atoms with van der Waals surface area (Å²) >= 11 is 17.5. The molecule has 0 saturated carbocycles. The van der Waals surface area contributed by atoms with Crippen molar-refractivity contribution in [3.63, 3.8) is 0 Å². The van der Waals surface area contributed by atoms with Crippen molar-refractivity contribution in [2.24, 2.45) is 0 Å². The molecular formula is C13H8Cl3F2N. The van der Waals surface area contributed by atoms with Crippen molar-refractivity contribution in [1.29, 1.82) is 0 Å². The molecule has 100 valence electrons. The van der Waals surface area contributed by atoms with E-state index in [9.17, 15) is 8.78 Å². The van der Waals surface area contributed by atoms with E-state index >= 15 is 0 Å². The Hall–Kier alpha value is -1.03. The van der Waals surface area contributed by atoms with Gasteiger partial charge in [0.2, 0.25) is 0 Å². The fraction of sp³-hybridized carbons (Fsp3) is 0.0769. The Labute approximate surface area is 124 Å². The molecule has 2 aromatic rings. The third-order valence-corrected chi connectivity index (χ3v) is 3.13. The van der Waals surface area contributed by atoms with Gasteiger partial charge < -0.3 is 5.32 Å². The molecule has 0 aliphatic carbocycles. The Morgan fingerprint density at radius 2 is 1.53 bits per heavy atom. The number of anilines is 1. The molecule has 2 rings (SSSR count). The van der Waals surface area contributed by atoms with Gasteiger partial charge >= 0.3 is 0 Å². The number of hydrogen-bond donors (Lipinski definition) is 1. The summed E-state index contributed by atoms with van der Waals surface area (Å²) in [6.07, 6.45) is 0. The molecule has 0 unspecified atom stereocenters. The van der Waals surface area contributed by atoms with Crippen LogP contribution in [-0.2, 0) is 6.54 Å². The van der Waals surface area contributed by atoms with Crippen LogP contribution in [0.25, 0.3) is 0 Å². The summed E-state index contributed by atoms with van der Waals surface area (Å²) in [5.74, 6) is -1.48. The maximum atomic E-state index is 13.5. The molecule has 19 heavy (non-hydrogen) atoms. The standard InChI is InChI=1S/C13H8Cl3F2N/c14-8-1-7(2-9(15)3-8)6-19-13-11(16)4-10(17)5-12(13)18/h1-5,19H,6H2. The Kier molecular flexibility index (Phi) is 4.50. The second kappa shape index (κ2) is 5.95. The van der Waals surface area contributed by atoms with Gasteiger partial charge in [0, 0.05) is 22.7 Å². The van der Waals surface area contributed by atoms with Crippen LogP contribution in [0.1, 0.15) is 5.56 Å². The Balaban J connectivity index is 2.19. The maximum absolute atomic E-state index is 13.5. The maximum Gasteiger partial charge on any atom is 0.150 e. The highest BCUT2D eigenvalue weighted by Gasteiger charge is 2.09. The van der Waals surface area contributed by atoms with Crippen LogP contribution in [0, 0.1) is 11.6 Å². The zero-order valence-electron chi connectivity index (χ0n) is 9.48. The summed E-state index contributed by atoms with van der Waals surface area (Å²) in [5, 5.41) is 3.73. The zero-order valence-corrected chi connectivity index (χ0v) is 11.8. The Bertz CT molecular complexity index is 574. The van der Waals surface area contributed by atoms with Gasteiger partial charge in [0.25, 0.3) is 0 Å². The molecule has 0 fully saturated rings. The molecule has 0 aliphatic rings.